The minimum absolute atomic E-state index is 0.0601. The van der Waals surface area contributed by atoms with E-state index in [4.69, 9.17) is 11.6 Å². The number of urea groups is 1. The number of primary amides is 1. The first-order valence-electron chi connectivity index (χ1n) is 15.0. The Hall–Kier alpha value is -4.55. The minimum atomic E-state index is -1.34. The average Bonchev–Trinajstić information content (AvgIpc) is 2.98. The van der Waals surface area contributed by atoms with E-state index >= 15 is 0 Å². The van der Waals surface area contributed by atoms with E-state index in [-0.39, 0.29) is 24.6 Å². The first-order valence-corrected chi connectivity index (χ1v) is 15.0. The van der Waals surface area contributed by atoms with Crippen molar-refractivity contribution in [3.63, 3.8) is 0 Å². The highest BCUT2D eigenvalue weighted by Gasteiger charge is 2.33. The van der Waals surface area contributed by atoms with Crippen molar-refractivity contribution in [1.82, 2.24) is 25.5 Å². The van der Waals surface area contributed by atoms with Gasteiger partial charge in [-0.3, -0.25) is 19.4 Å². The van der Waals surface area contributed by atoms with Crippen molar-refractivity contribution in [2.24, 2.45) is 17.5 Å². The standard InChI is InChI=1S/C33H45N7O5/c1-21(2)19-39(32(45)40(35)33(3,4)5)20-28(41)26(17-22-11-7-6-8-12-22)37-31(44)27(18-29(34)42)38-30(43)25-16-15-23-13-9-10-14-24(23)36-25/h6-16,21,26-28,41H,17-20,35H2,1-5H3,(H2,34,42)(H,37,44)(H,38,43)/t26-,27-,28+/m0/s1. The summed E-state index contributed by atoms with van der Waals surface area (Å²) in [5.74, 6) is 4.01. The molecule has 0 spiro atoms. The van der Waals surface area contributed by atoms with E-state index in [1.54, 1.807) is 39.0 Å². The van der Waals surface area contributed by atoms with Crippen LogP contribution in [0.15, 0.2) is 66.7 Å². The largest absolute Gasteiger partial charge is 0.389 e. The molecule has 0 aliphatic heterocycles. The van der Waals surface area contributed by atoms with Gasteiger partial charge in [-0.25, -0.2) is 15.6 Å². The third kappa shape index (κ3) is 10.3. The number of para-hydroxylation sites is 1. The molecule has 0 saturated carbocycles. The van der Waals surface area contributed by atoms with Crippen molar-refractivity contribution in [2.45, 2.75) is 71.2 Å². The molecule has 3 atom stereocenters. The fraction of sp³-hybridized carbons (Fsp3) is 0.424. The molecule has 0 unspecified atom stereocenters. The van der Waals surface area contributed by atoms with Gasteiger partial charge in [0.2, 0.25) is 11.8 Å². The Morgan fingerprint density at radius 2 is 1.56 bits per heavy atom. The predicted molar refractivity (Wildman–Crippen MR) is 172 cm³/mol. The number of carbonyl (C=O) groups is 4. The van der Waals surface area contributed by atoms with Gasteiger partial charge >= 0.3 is 6.03 Å². The number of carbonyl (C=O) groups excluding carboxylic acids is 4. The summed E-state index contributed by atoms with van der Waals surface area (Å²) in [7, 11) is 0. The van der Waals surface area contributed by atoms with Gasteiger partial charge in [-0.1, -0.05) is 68.4 Å². The SMILES string of the molecule is CC(C)CN(C[C@@H](O)[C@H](Cc1ccccc1)NC(=O)[C@H](CC(N)=O)NC(=O)c1ccc2ccccc2n1)C(=O)N(N)C(C)(C)C. The molecule has 0 aliphatic rings. The van der Waals surface area contributed by atoms with Crippen LogP contribution in [0.4, 0.5) is 4.79 Å². The van der Waals surface area contributed by atoms with Gasteiger partial charge in [0.15, 0.2) is 0 Å². The number of aromatic nitrogens is 1. The summed E-state index contributed by atoms with van der Waals surface area (Å²) >= 11 is 0. The van der Waals surface area contributed by atoms with Gasteiger partial charge in [0, 0.05) is 11.9 Å². The van der Waals surface area contributed by atoms with E-state index in [2.05, 4.69) is 15.6 Å². The molecule has 0 fully saturated rings. The van der Waals surface area contributed by atoms with Crippen molar-refractivity contribution in [3.05, 3.63) is 78.0 Å². The second kappa shape index (κ2) is 15.4. The molecule has 2 aromatic carbocycles. The number of nitrogens with zero attached hydrogens (tertiary/aromatic N) is 3. The van der Waals surface area contributed by atoms with Crippen molar-refractivity contribution in [1.29, 1.82) is 0 Å². The van der Waals surface area contributed by atoms with Gasteiger partial charge < -0.3 is 26.4 Å². The summed E-state index contributed by atoms with van der Waals surface area (Å²) < 4.78 is 0. The third-order valence-electron chi connectivity index (χ3n) is 7.14. The molecule has 0 aliphatic carbocycles. The molecule has 3 aromatic rings. The van der Waals surface area contributed by atoms with E-state index in [1.807, 2.05) is 56.3 Å². The lowest BCUT2D eigenvalue weighted by molar-refractivity contribution is -0.128. The Morgan fingerprint density at radius 3 is 2.18 bits per heavy atom. The lowest BCUT2D eigenvalue weighted by atomic mass is 9.99. The van der Waals surface area contributed by atoms with Crippen molar-refractivity contribution >= 4 is 34.7 Å². The summed E-state index contributed by atoms with van der Waals surface area (Å²) in [5, 5.41) is 18.8. The van der Waals surface area contributed by atoms with E-state index in [9.17, 15) is 24.3 Å². The van der Waals surface area contributed by atoms with E-state index in [0.717, 1.165) is 16.0 Å². The van der Waals surface area contributed by atoms with Crippen LogP contribution in [0.3, 0.4) is 0 Å². The average molecular weight is 620 g/mol. The first kappa shape index (κ1) is 34.9. The molecule has 7 N–H and O–H groups in total. The highest BCUT2D eigenvalue weighted by Crippen LogP contribution is 2.16. The normalized spacial score (nSPS) is 13.5. The van der Waals surface area contributed by atoms with Gasteiger partial charge in [-0.2, -0.15) is 0 Å². The fourth-order valence-corrected chi connectivity index (χ4v) is 4.73. The lowest BCUT2D eigenvalue weighted by Gasteiger charge is -2.38. The minimum Gasteiger partial charge on any atom is -0.389 e. The quantitative estimate of drug-likeness (QED) is 0.110. The zero-order valence-corrected chi connectivity index (χ0v) is 26.6. The van der Waals surface area contributed by atoms with Crippen molar-refractivity contribution in [3.8, 4) is 0 Å². The monoisotopic (exact) mass is 619 g/mol. The number of aliphatic hydroxyl groups excluding tert-OH is 1. The van der Waals surface area contributed by atoms with Crippen molar-refractivity contribution < 1.29 is 24.3 Å². The molecule has 242 valence electrons. The topological polar surface area (TPSA) is 184 Å². The molecule has 45 heavy (non-hydrogen) atoms. The number of pyridine rings is 1. The third-order valence-corrected chi connectivity index (χ3v) is 7.14. The maximum atomic E-state index is 13.6. The number of amides is 5. The van der Waals surface area contributed by atoms with Gasteiger partial charge in [0.25, 0.3) is 5.91 Å². The van der Waals surface area contributed by atoms with E-state index < -0.39 is 53.9 Å². The van der Waals surface area contributed by atoms with Crippen LogP contribution < -0.4 is 22.2 Å². The number of hydrogen-bond donors (Lipinski definition) is 5. The van der Waals surface area contributed by atoms with Gasteiger partial charge in [0.05, 0.1) is 36.2 Å². The van der Waals surface area contributed by atoms with Crippen LogP contribution in [0.1, 0.15) is 57.1 Å². The van der Waals surface area contributed by atoms with Crippen LogP contribution in [-0.2, 0) is 16.0 Å². The van der Waals surface area contributed by atoms with Crippen LogP contribution in [0.2, 0.25) is 0 Å². The van der Waals surface area contributed by atoms with Gasteiger partial charge in [-0.05, 0) is 50.8 Å². The second-order valence-electron chi connectivity index (χ2n) is 12.6. The van der Waals surface area contributed by atoms with Gasteiger partial charge in [-0.15, -0.1) is 0 Å². The number of nitrogens with one attached hydrogen (secondary N) is 2. The molecule has 0 radical (unpaired) electrons. The fourth-order valence-electron chi connectivity index (χ4n) is 4.73. The van der Waals surface area contributed by atoms with Crippen LogP contribution in [-0.4, -0.2) is 80.6 Å². The Kier molecular flexibility index (Phi) is 12.0. The lowest BCUT2D eigenvalue weighted by Crippen LogP contribution is -2.60. The summed E-state index contributed by atoms with van der Waals surface area (Å²) in [6.07, 6.45) is -1.52. The predicted octanol–water partition coefficient (Wildman–Crippen LogP) is 2.35. The maximum absolute atomic E-state index is 13.6. The number of benzene rings is 2. The second-order valence-corrected chi connectivity index (χ2v) is 12.6. The molecule has 3 rings (SSSR count). The molecular formula is C33H45N7O5. The van der Waals surface area contributed by atoms with Crippen LogP contribution in [0.5, 0.6) is 0 Å². The van der Waals surface area contributed by atoms with E-state index in [0.29, 0.717) is 12.1 Å². The number of aliphatic hydroxyl groups is 1. The highest BCUT2D eigenvalue weighted by molar-refractivity contribution is 5.99. The molecule has 5 amide bonds. The first-order chi connectivity index (χ1) is 21.1. The molecule has 12 heteroatoms. The molecule has 1 heterocycles. The highest BCUT2D eigenvalue weighted by atomic mass is 16.3. The van der Waals surface area contributed by atoms with Crippen molar-refractivity contribution in [2.75, 3.05) is 13.1 Å². The smallest absolute Gasteiger partial charge is 0.334 e. The summed E-state index contributed by atoms with van der Waals surface area (Å²) in [5.41, 5.74) is 6.24. The molecular weight excluding hydrogens is 574 g/mol. The summed E-state index contributed by atoms with van der Waals surface area (Å²) in [4.78, 5) is 57.9. The number of hydrazine groups is 1. The number of hydrogen-bond acceptors (Lipinski definition) is 7. The number of rotatable bonds is 13. The van der Waals surface area contributed by atoms with E-state index in [1.165, 1.54) is 11.0 Å². The number of fused-ring (bicyclic) bond motifs is 1. The Balaban J connectivity index is 1.86. The molecule has 1 aromatic heterocycles. The molecule has 0 bridgehead atoms. The molecule has 0 saturated heterocycles. The van der Waals surface area contributed by atoms with Crippen LogP contribution in [0.25, 0.3) is 10.9 Å². The van der Waals surface area contributed by atoms with Crippen LogP contribution in [0, 0.1) is 5.92 Å². The Morgan fingerprint density at radius 1 is 0.911 bits per heavy atom. The Labute approximate surface area is 264 Å². The Bertz CT molecular complexity index is 1480. The summed E-state index contributed by atoms with van der Waals surface area (Å²) in [6, 6.07) is 17.0. The maximum Gasteiger partial charge on any atom is 0.334 e. The zero-order chi connectivity index (χ0) is 33.3. The number of nitrogens with two attached hydrogens (primary N) is 2. The molecule has 12 nitrogen and oxygen atoms in total. The zero-order valence-electron chi connectivity index (χ0n) is 26.6. The summed E-state index contributed by atoms with van der Waals surface area (Å²) in [6.45, 7) is 9.46. The van der Waals surface area contributed by atoms with Gasteiger partial charge in [0.1, 0.15) is 11.7 Å². The van der Waals surface area contributed by atoms with Crippen LogP contribution >= 0.6 is 0 Å².